The van der Waals surface area contributed by atoms with Gasteiger partial charge in [-0.05, 0) is 23.8 Å². The Hall–Kier alpha value is -3.16. The van der Waals surface area contributed by atoms with Crippen molar-refractivity contribution in [2.75, 3.05) is 13.7 Å². The lowest BCUT2D eigenvalue weighted by Gasteiger charge is -2.22. The molecule has 1 aromatic rings. The molecule has 1 aromatic carbocycles. The second kappa shape index (κ2) is 6.08. The number of imide groups is 2. The number of carbonyl (C=O) groups excluding carboxylic acids is 3. The van der Waals surface area contributed by atoms with E-state index in [-0.39, 0.29) is 11.3 Å². The van der Waals surface area contributed by atoms with Crippen LogP contribution in [-0.4, -0.2) is 47.5 Å². The van der Waals surface area contributed by atoms with Crippen LogP contribution in [-0.2, 0) is 14.4 Å². The largest absolute Gasteiger partial charge is 0.482 e. The predicted molar refractivity (Wildman–Crippen MR) is 73.9 cm³/mol. The summed E-state index contributed by atoms with van der Waals surface area (Å²) in [6.45, 7) is -0.503. The average Bonchev–Trinajstić information content (AvgIpc) is 2.48. The zero-order valence-corrected chi connectivity index (χ0v) is 11.5. The lowest BCUT2D eigenvalue weighted by atomic mass is 10.1. The number of likely N-dealkylation sites (N-methyl/N-ethyl adjacent to an activating group) is 1. The van der Waals surface area contributed by atoms with E-state index in [1.54, 1.807) is 18.2 Å². The number of rotatable bonds is 4. The number of amides is 4. The second-order valence-corrected chi connectivity index (χ2v) is 4.44. The molecule has 0 aromatic heterocycles. The maximum Gasteiger partial charge on any atom is 0.341 e. The molecule has 0 saturated carbocycles. The summed E-state index contributed by atoms with van der Waals surface area (Å²) in [5.41, 5.74) is 0.265. The molecule has 2 N–H and O–H groups in total. The van der Waals surface area contributed by atoms with Crippen LogP contribution in [0.2, 0.25) is 0 Å². The van der Waals surface area contributed by atoms with Crippen LogP contribution in [0.4, 0.5) is 4.79 Å². The Kier molecular flexibility index (Phi) is 4.21. The Morgan fingerprint density at radius 2 is 2.09 bits per heavy atom. The first-order chi connectivity index (χ1) is 10.4. The van der Waals surface area contributed by atoms with Gasteiger partial charge in [-0.25, -0.2) is 9.59 Å². The molecule has 0 spiro atoms. The molecular formula is C14H12N2O6. The second-order valence-electron chi connectivity index (χ2n) is 4.44. The number of hydrogen-bond acceptors (Lipinski definition) is 5. The maximum absolute atomic E-state index is 11.9. The van der Waals surface area contributed by atoms with Gasteiger partial charge in [0, 0.05) is 7.05 Å². The third kappa shape index (κ3) is 3.29. The van der Waals surface area contributed by atoms with E-state index >= 15 is 0 Å². The standard InChI is InChI=1S/C14H12N2O6/c1-16-13(20)10(12(19)15-14(16)21)6-8-3-2-4-9(5-8)22-7-11(17)18/h2-6H,7H2,1H3,(H,17,18)(H,15,19,21)/b10-6+. The smallest absolute Gasteiger partial charge is 0.341 e. The zero-order chi connectivity index (χ0) is 16.3. The molecule has 0 bridgehead atoms. The number of benzene rings is 1. The van der Waals surface area contributed by atoms with Crippen molar-refractivity contribution in [3.8, 4) is 5.75 Å². The molecule has 1 aliphatic rings. The van der Waals surface area contributed by atoms with Crippen molar-refractivity contribution in [1.82, 2.24) is 10.2 Å². The van der Waals surface area contributed by atoms with Gasteiger partial charge in [-0.1, -0.05) is 12.1 Å². The lowest BCUT2D eigenvalue weighted by molar-refractivity contribution is -0.139. The molecule has 22 heavy (non-hydrogen) atoms. The SMILES string of the molecule is CN1C(=O)NC(=O)/C(=C\c2cccc(OCC(=O)O)c2)C1=O. The molecule has 1 aliphatic heterocycles. The van der Waals surface area contributed by atoms with E-state index in [9.17, 15) is 19.2 Å². The fraction of sp³-hybridized carbons (Fsp3) is 0.143. The van der Waals surface area contributed by atoms with Crippen LogP contribution >= 0.6 is 0 Å². The van der Waals surface area contributed by atoms with Gasteiger partial charge in [-0.2, -0.15) is 0 Å². The summed E-state index contributed by atoms with van der Waals surface area (Å²) in [5, 5.41) is 10.6. The monoisotopic (exact) mass is 304 g/mol. The van der Waals surface area contributed by atoms with E-state index in [0.717, 1.165) is 4.90 Å². The van der Waals surface area contributed by atoms with Gasteiger partial charge in [0.05, 0.1) is 0 Å². The van der Waals surface area contributed by atoms with Crippen molar-refractivity contribution < 1.29 is 29.0 Å². The summed E-state index contributed by atoms with van der Waals surface area (Å²) in [7, 11) is 1.25. The van der Waals surface area contributed by atoms with Crippen molar-refractivity contribution in [1.29, 1.82) is 0 Å². The van der Waals surface area contributed by atoms with E-state index in [2.05, 4.69) is 0 Å². The van der Waals surface area contributed by atoms with Crippen LogP contribution in [0.15, 0.2) is 29.8 Å². The summed E-state index contributed by atoms with van der Waals surface area (Å²) >= 11 is 0. The number of nitrogens with zero attached hydrogens (tertiary/aromatic N) is 1. The highest BCUT2D eigenvalue weighted by molar-refractivity contribution is 6.30. The van der Waals surface area contributed by atoms with Crippen molar-refractivity contribution in [3.63, 3.8) is 0 Å². The first kappa shape index (κ1) is 15.2. The molecular weight excluding hydrogens is 292 g/mol. The van der Waals surface area contributed by atoms with Gasteiger partial charge < -0.3 is 9.84 Å². The third-order valence-electron chi connectivity index (χ3n) is 2.84. The molecule has 1 fully saturated rings. The number of urea groups is 1. The van der Waals surface area contributed by atoms with E-state index in [0.29, 0.717) is 5.56 Å². The normalized spacial score (nSPS) is 16.7. The van der Waals surface area contributed by atoms with Gasteiger partial charge in [-0.15, -0.1) is 0 Å². The van der Waals surface area contributed by atoms with E-state index in [1.165, 1.54) is 19.2 Å². The summed E-state index contributed by atoms with van der Waals surface area (Å²) in [6.07, 6.45) is 1.30. The molecule has 8 nitrogen and oxygen atoms in total. The topological polar surface area (TPSA) is 113 Å². The number of hydrogen-bond donors (Lipinski definition) is 2. The molecule has 1 saturated heterocycles. The van der Waals surface area contributed by atoms with Gasteiger partial charge in [0.15, 0.2) is 6.61 Å². The Morgan fingerprint density at radius 3 is 2.77 bits per heavy atom. The van der Waals surface area contributed by atoms with Crippen LogP contribution in [0.25, 0.3) is 6.08 Å². The molecule has 0 aliphatic carbocycles. The van der Waals surface area contributed by atoms with E-state index < -0.39 is 30.4 Å². The highest BCUT2D eigenvalue weighted by Gasteiger charge is 2.32. The fourth-order valence-electron chi connectivity index (χ4n) is 1.75. The van der Waals surface area contributed by atoms with Gasteiger partial charge in [-0.3, -0.25) is 19.8 Å². The van der Waals surface area contributed by atoms with Crippen LogP contribution in [0.5, 0.6) is 5.75 Å². The van der Waals surface area contributed by atoms with Crippen LogP contribution in [0.1, 0.15) is 5.56 Å². The van der Waals surface area contributed by atoms with Crippen molar-refractivity contribution in [3.05, 3.63) is 35.4 Å². The Bertz CT molecular complexity index is 694. The molecule has 0 unspecified atom stereocenters. The zero-order valence-electron chi connectivity index (χ0n) is 11.5. The molecule has 0 radical (unpaired) electrons. The summed E-state index contributed by atoms with van der Waals surface area (Å²) in [6, 6.07) is 5.43. The fourth-order valence-corrected chi connectivity index (χ4v) is 1.75. The minimum Gasteiger partial charge on any atom is -0.482 e. The lowest BCUT2D eigenvalue weighted by Crippen LogP contribution is -2.52. The molecule has 8 heteroatoms. The highest BCUT2D eigenvalue weighted by atomic mass is 16.5. The molecule has 4 amide bonds. The number of ether oxygens (including phenoxy) is 1. The van der Waals surface area contributed by atoms with Crippen LogP contribution in [0.3, 0.4) is 0 Å². The maximum atomic E-state index is 11.9. The van der Waals surface area contributed by atoms with E-state index in [1.807, 2.05) is 5.32 Å². The number of carboxylic acids is 1. The first-order valence-electron chi connectivity index (χ1n) is 6.18. The van der Waals surface area contributed by atoms with E-state index in [4.69, 9.17) is 9.84 Å². The molecule has 114 valence electrons. The quantitative estimate of drug-likeness (QED) is 0.608. The Balaban J connectivity index is 2.26. The summed E-state index contributed by atoms with van der Waals surface area (Å²) in [5.74, 6) is -2.34. The first-order valence-corrected chi connectivity index (χ1v) is 6.18. The third-order valence-corrected chi connectivity index (χ3v) is 2.84. The molecule has 1 heterocycles. The highest BCUT2D eigenvalue weighted by Crippen LogP contribution is 2.18. The molecule has 0 atom stereocenters. The number of carbonyl (C=O) groups is 4. The number of aliphatic carboxylic acids is 1. The van der Waals surface area contributed by atoms with Gasteiger partial charge in [0.2, 0.25) is 0 Å². The molecule has 2 rings (SSSR count). The average molecular weight is 304 g/mol. The minimum absolute atomic E-state index is 0.197. The van der Waals surface area contributed by atoms with Crippen molar-refractivity contribution in [2.24, 2.45) is 0 Å². The summed E-state index contributed by atoms with van der Waals surface area (Å²) < 4.78 is 5.01. The van der Waals surface area contributed by atoms with Crippen molar-refractivity contribution in [2.45, 2.75) is 0 Å². The van der Waals surface area contributed by atoms with Gasteiger partial charge in [0.25, 0.3) is 11.8 Å². The number of nitrogens with one attached hydrogen (secondary N) is 1. The number of carboxylic acid groups (broad SMARTS) is 1. The van der Waals surface area contributed by atoms with Crippen LogP contribution in [0, 0.1) is 0 Å². The van der Waals surface area contributed by atoms with Crippen LogP contribution < -0.4 is 10.1 Å². The summed E-state index contributed by atoms with van der Waals surface area (Å²) in [4.78, 5) is 46.2. The predicted octanol–water partition coefficient (Wildman–Crippen LogP) is 0.242. The Labute approximate surface area is 125 Å². The Morgan fingerprint density at radius 1 is 1.36 bits per heavy atom. The van der Waals surface area contributed by atoms with Crippen molar-refractivity contribution >= 4 is 29.9 Å². The van der Waals surface area contributed by atoms with Gasteiger partial charge in [0.1, 0.15) is 11.3 Å². The minimum atomic E-state index is -1.12. The number of barbiturate groups is 1. The van der Waals surface area contributed by atoms with Gasteiger partial charge >= 0.3 is 12.0 Å².